The van der Waals surface area contributed by atoms with Gasteiger partial charge in [-0.3, -0.25) is 9.59 Å². The average Bonchev–Trinajstić information content (AvgIpc) is 2.59. The first-order chi connectivity index (χ1) is 11.1. The summed E-state index contributed by atoms with van der Waals surface area (Å²) in [5.41, 5.74) is 7.77. The Hall–Kier alpha value is -2.82. The van der Waals surface area contributed by atoms with E-state index >= 15 is 0 Å². The van der Waals surface area contributed by atoms with Gasteiger partial charge in [0.1, 0.15) is 5.75 Å². The number of nitrogens with two attached hydrogens (primary N) is 1. The Kier molecular flexibility index (Phi) is 5.74. The van der Waals surface area contributed by atoms with Crippen molar-refractivity contribution in [3.63, 3.8) is 0 Å². The molecule has 0 spiro atoms. The van der Waals surface area contributed by atoms with Gasteiger partial charge in [0.15, 0.2) is 12.4 Å². The Bertz CT molecular complexity index is 684. The molecule has 0 aromatic heterocycles. The first-order valence-electron chi connectivity index (χ1n) is 7.46. The molecule has 0 atom stereocenters. The van der Waals surface area contributed by atoms with Crippen LogP contribution in [0.15, 0.2) is 48.5 Å². The number of amides is 1. The van der Waals surface area contributed by atoms with Gasteiger partial charge in [-0.25, -0.2) is 0 Å². The molecule has 0 aliphatic rings. The zero-order valence-corrected chi connectivity index (χ0v) is 13.0. The number of carbonyl (C=O) groups is 2. The number of carbonyl (C=O) groups excluding carboxylic acids is 2. The standard InChI is InChI=1S/C18H20N2O3/c1-2-16(21)14-8-9-17(15(19)10-14)23-12-18(22)20-11-13-6-4-3-5-7-13/h3-10H,2,11-12,19H2,1H3,(H,20,22). The summed E-state index contributed by atoms with van der Waals surface area (Å²) in [6.07, 6.45) is 0.418. The van der Waals surface area contributed by atoms with E-state index in [0.29, 0.717) is 30.0 Å². The highest BCUT2D eigenvalue weighted by atomic mass is 16.5. The average molecular weight is 312 g/mol. The van der Waals surface area contributed by atoms with Crippen LogP contribution in [0, 0.1) is 0 Å². The van der Waals surface area contributed by atoms with E-state index in [9.17, 15) is 9.59 Å². The van der Waals surface area contributed by atoms with Crippen LogP contribution in [0.1, 0.15) is 29.3 Å². The van der Waals surface area contributed by atoms with E-state index in [-0.39, 0.29) is 18.3 Å². The van der Waals surface area contributed by atoms with Crippen LogP contribution in [-0.2, 0) is 11.3 Å². The second-order valence-corrected chi connectivity index (χ2v) is 5.08. The molecule has 120 valence electrons. The molecule has 0 saturated heterocycles. The molecule has 2 rings (SSSR count). The number of benzene rings is 2. The van der Waals surface area contributed by atoms with Gasteiger partial charge in [0, 0.05) is 18.5 Å². The van der Waals surface area contributed by atoms with E-state index < -0.39 is 0 Å². The molecule has 0 unspecified atom stereocenters. The topological polar surface area (TPSA) is 81.4 Å². The summed E-state index contributed by atoms with van der Waals surface area (Å²) in [7, 11) is 0. The lowest BCUT2D eigenvalue weighted by Crippen LogP contribution is -2.28. The molecule has 0 radical (unpaired) electrons. The Morgan fingerprint density at radius 3 is 2.52 bits per heavy atom. The van der Waals surface area contributed by atoms with Crippen LogP contribution in [0.4, 0.5) is 5.69 Å². The molecule has 2 aromatic carbocycles. The van der Waals surface area contributed by atoms with Crippen molar-refractivity contribution in [3.05, 3.63) is 59.7 Å². The van der Waals surface area contributed by atoms with E-state index in [1.807, 2.05) is 30.3 Å². The molecule has 1 amide bonds. The molecular formula is C18H20N2O3. The van der Waals surface area contributed by atoms with Crippen molar-refractivity contribution in [2.75, 3.05) is 12.3 Å². The number of Topliss-reactive ketones (excluding diaryl/α,β-unsaturated/α-hetero) is 1. The molecule has 0 bridgehead atoms. The zero-order chi connectivity index (χ0) is 16.7. The molecule has 3 N–H and O–H groups in total. The number of hydrogen-bond acceptors (Lipinski definition) is 4. The van der Waals surface area contributed by atoms with E-state index in [0.717, 1.165) is 5.56 Å². The Morgan fingerprint density at radius 2 is 1.87 bits per heavy atom. The van der Waals surface area contributed by atoms with Gasteiger partial charge in [0.2, 0.25) is 0 Å². The maximum atomic E-state index is 11.8. The molecule has 0 fully saturated rings. The van der Waals surface area contributed by atoms with Crippen LogP contribution in [0.3, 0.4) is 0 Å². The Morgan fingerprint density at radius 1 is 1.13 bits per heavy atom. The van der Waals surface area contributed by atoms with E-state index in [2.05, 4.69) is 5.32 Å². The van der Waals surface area contributed by atoms with Crippen molar-refractivity contribution in [3.8, 4) is 5.75 Å². The van der Waals surface area contributed by atoms with E-state index in [1.165, 1.54) is 0 Å². The van der Waals surface area contributed by atoms with Crippen LogP contribution >= 0.6 is 0 Å². The number of hydrogen-bond donors (Lipinski definition) is 2. The maximum Gasteiger partial charge on any atom is 0.258 e. The molecule has 0 aliphatic carbocycles. The lowest BCUT2D eigenvalue weighted by Gasteiger charge is -2.10. The smallest absolute Gasteiger partial charge is 0.258 e. The highest BCUT2D eigenvalue weighted by Gasteiger charge is 2.09. The summed E-state index contributed by atoms with van der Waals surface area (Å²) < 4.78 is 5.41. The molecule has 0 saturated carbocycles. The van der Waals surface area contributed by atoms with Crippen molar-refractivity contribution >= 4 is 17.4 Å². The van der Waals surface area contributed by atoms with Gasteiger partial charge in [-0.05, 0) is 23.8 Å². The number of nitrogens with one attached hydrogen (secondary N) is 1. The first kappa shape index (κ1) is 16.5. The number of ether oxygens (including phenoxy) is 1. The summed E-state index contributed by atoms with van der Waals surface area (Å²) in [6, 6.07) is 14.5. The van der Waals surface area contributed by atoms with Gasteiger partial charge in [-0.1, -0.05) is 37.3 Å². The van der Waals surface area contributed by atoms with Gasteiger partial charge in [0.25, 0.3) is 5.91 Å². The van der Waals surface area contributed by atoms with Crippen molar-refractivity contribution < 1.29 is 14.3 Å². The predicted octanol–water partition coefficient (Wildman–Crippen LogP) is 2.56. The van der Waals surface area contributed by atoms with Gasteiger partial charge in [0.05, 0.1) is 5.69 Å². The van der Waals surface area contributed by atoms with Crippen LogP contribution in [0.25, 0.3) is 0 Å². The second kappa shape index (κ2) is 7.98. The van der Waals surface area contributed by atoms with E-state index in [4.69, 9.17) is 10.5 Å². The van der Waals surface area contributed by atoms with Crippen molar-refractivity contribution in [2.24, 2.45) is 0 Å². The van der Waals surface area contributed by atoms with Crippen molar-refractivity contribution in [1.29, 1.82) is 0 Å². The summed E-state index contributed by atoms with van der Waals surface area (Å²) in [6.45, 7) is 2.11. The fourth-order valence-electron chi connectivity index (χ4n) is 2.05. The first-order valence-corrected chi connectivity index (χ1v) is 7.46. The van der Waals surface area contributed by atoms with Gasteiger partial charge >= 0.3 is 0 Å². The third-order valence-corrected chi connectivity index (χ3v) is 3.34. The third-order valence-electron chi connectivity index (χ3n) is 3.34. The number of nitrogen functional groups attached to an aromatic ring is 1. The molecule has 5 nitrogen and oxygen atoms in total. The van der Waals surface area contributed by atoms with Gasteiger partial charge < -0.3 is 15.8 Å². The Balaban J connectivity index is 1.85. The van der Waals surface area contributed by atoms with Crippen molar-refractivity contribution in [1.82, 2.24) is 5.32 Å². The lowest BCUT2D eigenvalue weighted by atomic mass is 10.1. The molecule has 23 heavy (non-hydrogen) atoms. The molecule has 0 aliphatic heterocycles. The largest absolute Gasteiger partial charge is 0.482 e. The Labute approximate surface area is 135 Å². The number of ketones is 1. The minimum Gasteiger partial charge on any atom is -0.482 e. The number of anilines is 1. The molecule has 0 heterocycles. The minimum atomic E-state index is -0.234. The summed E-state index contributed by atoms with van der Waals surface area (Å²) in [5.74, 6) is 0.179. The lowest BCUT2D eigenvalue weighted by molar-refractivity contribution is -0.123. The maximum absolute atomic E-state index is 11.8. The second-order valence-electron chi connectivity index (χ2n) is 5.08. The van der Waals surface area contributed by atoms with Gasteiger partial charge in [-0.15, -0.1) is 0 Å². The van der Waals surface area contributed by atoms with Crippen molar-refractivity contribution in [2.45, 2.75) is 19.9 Å². The highest BCUT2D eigenvalue weighted by Crippen LogP contribution is 2.23. The molecular weight excluding hydrogens is 292 g/mol. The summed E-state index contributed by atoms with van der Waals surface area (Å²) in [4.78, 5) is 23.4. The van der Waals surface area contributed by atoms with Crippen LogP contribution in [0.2, 0.25) is 0 Å². The highest BCUT2D eigenvalue weighted by molar-refractivity contribution is 5.97. The van der Waals surface area contributed by atoms with Crippen LogP contribution in [-0.4, -0.2) is 18.3 Å². The fourth-order valence-corrected chi connectivity index (χ4v) is 2.05. The minimum absolute atomic E-state index is 0.0175. The third kappa shape index (κ3) is 4.85. The SMILES string of the molecule is CCC(=O)c1ccc(OCC(=O)NCc2ccccc2)c(N)c1. The molecule has 2 aromatic rings. The summed E-state index contributed by atoms with van der Waals surface area (Å²) >= 11 is 0. The number of rotatable bonds is 7. The quantitative estimate of drug-likeness (QED) is 0.608. The predicted molar refractivity (Wildman–Crippen MR) is 89.3 cm³/mol. The fraction of sp³-hybridized carbons (Fsp3) is 0.222. The van der Waals surface area contributed by atoms with Crippen LogP contribution in [0.5, 0.6) is 5.75 Å². The summed E-state index contributed by atoms with van der Waals surface area (Å²) in [5, 5.41) is 2.77. The molecule has 5 heteroatoms. The zero-order valence-electron chi connectivity index (χ0n) is 13.0. The monoisotopic (exact) mass is 312 g/mol. The normalized spacial score (nSPS) is 10.1. The van der Waals surface area contributed by atoms with Gasteiger partial charge in [-0.2, -0.15) is 0 Å². The van der Waals surface area contributed by atoms with E-state index in [1.54, 1.807) is 25.1 Å². The van der Waals surface area contributed by atoms with Crippen LogP contribution < -0.4 is 15.8 Å².